The van der Waals surface area contributed by atoms with Gasteiger partial charge >= 0.3 is 0 Å². The van der Waals surface area contributed by atoms with Crippen molar-refractivity contribution < 1.29 is 0 Å². The maximum atomic E-state index is 6.05. The summed E-state index contributed by atoms with van der Waals surface area (Å²) >= 11 is 13.4. The van der Waals surface area contributed by atoms with Gasteiger partial charge in [-0.2, -0.15) is 0 Å². The van der Waals surface area contributed by atoms with Crippen LogP contribution in [0, 0.1) is 0 Å². The Hall–Kier alpha value is -0.900. The van der Waals surface area contributed by atoms with E-state index in [4.69, 9.17) is 23.2 Å². The maximum Gasteiger partial charge on any atom is 0.225 e. The largest absolute Gasteiger partial charge is 0.225 e. The third-order valence-corrected chi connectivity index (χ3v) is 3.67. The van der Waals surface area contributed by atoms with Crippen molar-refractivity contribution in [2.45, 2.75) is 0 Å². The van der Waals surface area contributed by atoms with Crippen LogP contribution in [-0.2, 0) is 0 Å². The summed E-state index contributed by atoms with van der Waals surface area (Å²) < 4.78 is 1.14. The lowest BCUT2D eigenvalue weighted by Gasteiger charge is -1.94. The quantitative estimate of drug-likeness (QED) is 0.445. The van der Waals surface area contributed by atoms with E-state index in [0.717, 1.165) is 20.3 Å². The number of benzene rings is 1. The highest BCUT2D eigenvalue weighted by molar-refractivity contribution is 7.25. The standard InChI is InChI=1S/C10H4Cl2N2S/c11-8-7-5-3-1-2-4-6(5)15-9(7)14-10(12)13-8/h1-4H. The Bertz CT molecular complexity index is 663. The van der Waals surface area contributed by atoms with Gasteiger partial charge in [-0.3, -0.25) is 0 Å². The number of rotatable bonds is 0. The molecule has 0 aliphatic heterocycles. The monoisotopic (exact) mass is 254 g/mol. The molecule has 0 amide bonds. The molecule has 0 saturated carbocycles. The van der Waals surface area contributed by atoms with Gasteiger partial charge in [-0.15, -0.1) is 11.3 Å². The van der Waals surface area contributed by atoms with Gasteiger partial charge in [0.05, 0.1) is 5.39 Å². The number of aromatic nitrogens is 2. The van der Waals surface area contributed by atoms with Gasteiger partial charge in [0.2, 0.25) is 5.28 Å². The summed E-state index contributed by atoms with van der Waals surface area (Å²) in [5.41, 5.74) is 0. The van der Waals surface area contributed by atoms with E-state index < -0.39 is 0 Å². The van der Waals surface area contributed by atoms with Gasteiger partial charge in [0.1, 0.15) is 9.98 Å². The Labute approximate surface area is 99.5 Å². The smallest absolute Gasteiger partial charge is 0.207 e. The first-order valence-electron chi connectivity index (χ1n) is 4.26. The fourth-order valence-corrected chi connectivity index (χ4v) is 3.22. The molecule has 2 nitrogen and oxygen atoms in total. The number of halogens is 2. The third kappa shape index (κ3) is 1.39. The van der Waals surface area contributed by atoms with Crippen LogP contribution in [0.5, 0.6) is 0 Å². The molecule has 5 heteroatoms. The van der Waals surface area contributed by atoms with Crippen LogP contribution in [0.2, 0.25) is 10.4 Å². The molecule has 0 saturated heterocycles. The fraction of sp³-hybridized carbons (Fsp3) is 0. The Morgan fingerprint density at radius 3 is 2.73 bits per heavy atom. The molecule has 74 valence electrons. The van der Waals surface area contributed by atoms with Crippen LogP contribution in [-0.4, -0.2) is 9.97 Å². The molecule has 0 spiro atoms. The molecule has 0 fully saturated rings. The highest BCUT2D eigenvalue weighted by Crippen LogP contribution is 2.36. The second kappa shape index (κ2) is 3.30. The summed E-state index contributed by atoms with van der Waals surface area (Å²) in [6.07, 6.45) is 0. The summed E-state index contributed by atoms with van der Waals surface area (Å²) in [6, 6.07) is 8.00. The molecule has 3 rings (SSSR count). The van der Waals surface area contributed by atoms with Crippen molar-refractivity contribution in [3.63, 3.8) is 0 Å². The lowest BCUT2D eigenvalue weighted by molar-refractivity contribution is 1.24. The zero-order chi connectivity index (χ0) is 10.4. The maximum absolute atomic E-state index is 6.05. The molecule has 1 aromatic carbocycles. The van der Waals surface area contributed by atoms with Crippen molar-refractivity contribution in [3.05, 3.63) is 34.7 Å². The molecule has 15 heavy (non-hydrogen) atoms. The van der Waals surface area contributed by atoms with Crippen LogP contribution in [0.3, 0.4) is 0 Å². The molecular weight excluding hydrogens is 251 g/mol. The second-order valence-electron chi connectivity index (χ2n) is 3.06. The predicted octanol–water partition coefficient (Wildman–Crippen LogP) is 4.15. The lowest BCUT2D eigenvalue weighted by atomic mass is 10.2. The molecule has 0 N–H and O–H groups in total. The van der Waals surface area contributed by atoms with E-state index in [0.29, 0.717) is 5.15 Å². The summed E-state index contributed by atoms with van der Waals surface area (Å²) in [5, 5.41) is 2.59. The molecule has 0 bridgehead atoms. The van der Waals surface area contributed by atoms with Gasteiger partial charge in [0, 0.05) is 10.1 Å². The van der Waals surface area contributed by atoms with E-state index in [-0.39, 0.29) is 5.28 Å². The van der Waals surface area contributed by atoms with E-state index in [2.05, 4.69) is 9.97 Å². The van der Waals surface area contributed by atoms with Crippen LogP contribution in [0.1, 0.15) is 0 Å². The fourth-order valence-electron chi connectivity index (χ4n) is 1.56. The topological polar surface area (TPSA) is 25.8 Å². The molecule has 2 aromatic heterocycles. The zero-order valence-corrected chi connectivity index (χ0v) is 9.70. The molecule has 0 aliphatic carbocycles. The first kappa shape index (κ1) is 9.33. The minimum Gasteiger partial charge on any atom is -0.207 e. The molecular formula is C10H4Cl2N2S. The average Bonchev–Trinajstić information content (AvgIpc) is 2.54. The number of nitrogens with zero attached hydrogens (tertiary/aromatic N) is 2. The number of thiophene rings is 1. The van der Waals surface area contributed by atoms with Crippen LogP contribution in [0.15, 0.2) is 24.3 Å². The van der Waals surface area contributed by atoms with Crippen molar-refractivity contribution in [1.29, 1.82) is 0 Å². The van der Waals surface area contributed by atoms with Crippen LogP contribution in [0.4, 0.5) is 0 Å². The highest BCUT2D eigenvalue weighted by Gasteiger charge is 2.11. The molecule has 0 unspecified atom stereocenters. The van der Waals surface area contributed by atoms with E-state index >= 15 is 0 Å². The number of fused-ring (bicyclic) bond motifs is 3. The Kier molecular flexibility index (Phi) is 2.06. The van der Waals surface area contributed by atoms with Gasteiger partial charge < -0.3 is 0 Å². The SMILES string of the molecule is Clc1nc(Cl)c2c(n1)sc1ccccc12. The number of hydrogen-bond donors (Lipinski definition) is 0. The van der Waals surface area contributed by atoms with Gasteiger partial charge in [0.25, 0.3) is 0 Å². The van der Waals surface area contributed by atoms with Gasteiger partial charge in [-0.25, -0.2) is 9.97 Å². The number of hydrogen-bond acceptors (Lipinski definition) is 3. The lowest BCUT2D eigenvalue weighted by Crippen LogP contribution is -1.82. The minimum absolute atomic E-state index is 0.194. The molecule has 0 radical (unpaired) electrons. The third-order valence-electron chi connectivity index (χ3n) is 2.17. The van der Waals surface area contributed by atoms with Crippen LogP contribution < -0.4 is 0 Å². The van der Waals surface area contributed by atoms with E-state index in [1.54, 1.807) is 11.3 Å². The summed E-state index contributed by atoms with van der Waals surface area (Å²) in [5.74, 6) is 0. The van der Waals surface area contributed by atoms with Gasteiger partial charge in [-0.1, -0.05) is 29.8 Å². The highest BCUT2D eigenvalue weighted by atomic mass is 35.5. The summed E-state index contributed by atoms with van der Waals surface area (Å²) in [7, 11) is 0. The van der Waals surface area contributed by atoms with Crippen molar-refractivity contribution in [2.24, 2.45) is 0 Å². The van der Waals surface area contributed by atoms with Crippen LogP contribution in [0.25, 0.3) is 20.3 Å². The van der Waals surface area contributed by atoms with Gasteiger partial charge in [-0.05, 0) is 17.7 Å². The van der Waals surface area contributed by atoms with Gasteiger partial charge in [0.15, 0.2) is 0 Å². The van der Waals surface area contributed by atoms with Crippen molar-refractivity contribution >= 4 is 54.8 Å². The van der Waals surface area contributed by atoms with Crippen molar-refractivity contribution in [2.75, 3.05) is 0 Å². The Morgan fingerprint density at radius 2 is 1.87 bits per heavy atom. The Morgan fingerprint density at radius 1 is 1.07 bits per heavy atom. The molecule has 3 aromatic rings. The van der Waals surface area contributed by atoms with Crippen LogP contribution >= 0.6 is 34.5 Å². The van der Waals surface area contributed by atoms with Crippen molar-refractivity contribution in [3.8, 4) is 0 Å². The zero-order valence-electron chi connectivity index (χ0n) is 7.37. The summed E-state index contributed by atoms with van der Waals surface area (Å²) in [6.45, 7) is 0. The van der Waals surface area contributed by atoms with E-state index in [1.807, 2.05) is 24.3 Å². The first-order valence-corrected chi connectivity index (χ1v) is 5.83. The minimum atomic E-state index is 0.194. The second-order valence-corrected chi connectivity index (χ2v) is 4.79. The van der Waals surface area contributed by atoms with E-state index in [1.165, 1.54) is 0 Å². The molecule has 0 aliphatic rings. The van der Waals surface area contributed by atoms with Crippen molar-refractivity contribution in [1.82, 2.24) is 9.97 Å². The molecule has 0 atom stereocenters. The normalized spacial score (nSPS) is 11.3. The predicted molar refractivity (Wildman–Crippen MR) is 64.9 cm³/mol. The average molecular weight is 255 g/mol. The molecule has 2 heterocycles. The van der Waals surface area contributed by atoms with E-state index in [9.17, 15) is 0 Å². The Balaban J connectivity index is 2.61. The first-order chi connectivity index (χ1) is 7.25. The summed E-state index contributed by atoms with van der Waals surface area (Å²) in [4.78, 5) is 8.95.